The van der Waals surface area contributed by atoms with Crippen LogP contribution in [0.15, 0.2) is 0 Å². The average Bonchev–Trinajstić information content (AvgIpc) is 2.34. The lowest BCUT2D eigenvalue weighted by Crippen LogP contribution is -2.37. The monoisotopic (exact) mass is 240 g/mol. The van der Waals surface area contributed by atoms with E-state index in [4.69, 9.17) is 10.5 Å². The molecule has 1 saturated carbocycles. The summed E-state index contributed by atoms with van der Waals surface area (Å²) in [5.41, 5.74) is 5.90. The summed E-state index contributed by atoms with van der Waals surface area (Å²) in [6, 6.07) is 1.19. The topological polar surface area (TPSA) is 38.5 Å². The number of nitrogens with zero attached hydrogens (tertiary/aromatic N) is 1. The van der Waals surface area contributed by atoms with Gasteiger partial charge in [-0.25, -0.2) is 0 Å². The first-order valence-corrected chi connectivity index (χ1v) is 7.33. The van der Waals surface area contributed by atoms with E-state index in [0.717, 1.165) is 25.5 Å². The summed E-state index contributed by atoms with van der Waals surface area (Å²) in [5.74, 6) is 0. The third-order valence-electron chi connectivity index (χ3n) is 4.45. The third kappa shape index (κ3) is 4.23. The van der Waals surface area contributed by atoms with Gasteiger partial charge in [0, 0.05) is 18.7 Å². The van der Waals surface area contributed by atoms with E-state index < -0.39 is 0 Å². The van der Waals surface area contributed by atoms with Gasteiger partial charge in [0.1, 0.15) is 0 Å². The van der Waals surface area contributed by atoms with E-state index in [9.17, 15) is 0 Å². The van der Waals surface area contributed by atoms with Crippen LogP contribution in [0, 0.1) is 0 Å². The van der Waals surface area contributed by atoms with Crippen molar-refractivity contribution < 1.29 is 4.74 Å². The van der Waals surface area contributed by atoms with E-state index >= 15 is 0 Å². The van der Waals surface area contributed by atoms with Gasteiger partial charge in [-0.15, -0.1) is 0 Å². The molecule has 0 bridgehead atoms. The van der Waals surface area contributed by atoms with Crippen molar-refractivity contribution in [2.24, 2.45) is 5.73 Å². The van der Waals surface area contributed by atoms with Gasteiger partial charge in [-0.3, -0.25) is 0 Å². The maximum atomic E-state index is 6.00. The first-order valence-electron chi connectivity index (χ1n) is 7.33. The van der Waals surface area contributed by atoms with Gasteiger partial charge < -0.3 is 15.4 Å². The lowest BCUT2D eigenvalue weighted by Gasteiger charge is -2.33. The van der Waals surface area contributed by atoms with Crippen LogP contribution in [-0.4, -0.2) is 43.3 Å². The summed E-state index contributed by atoms with van der Waals surface area (Å²) in [4.78, 5) is 2.50. The zero-order valence-electron chi connectivity index (χ0n) is 11.2. The molecule has 100 valence electrons. The predicted molar refractivity (Wildman–Crippen MR) is 71.1 cm³/mol. The second-order valence-electron chi connectivity index (χ2n) is 5.83. The lowest BCUT2D eigenvalue weighted by molar-refractivity contribution is 0.0112. The highest BCUT2D eigenvalue weighted by molar-refractivity contribution is 4.76. The van der Waals surface area contributed by atoms with E-state index in [1.54, 1.807) is 0 Å². The Morgan fingerprint density at radius 1 is 1.12 bits per heavy atom. The molecule has 0 amide bonds. The predicted octanol–water partition coefficient (Wildman–Crippen LogP) is 2.15. The summed E-state index contributed by atoms with van der Waals surface area (Å²) >= 11 is 0. The zero-order valence-corrected chi connectivity index (χ0v) is 11.2. The molecule has 1 aliphatic heterocycles. The molecule has 1 unspecified atom stereocenters. The quantitative estimate of drug-likeness (QED) is 0.818. The Balaban J connectivity index is 1.59. The van der Waals surface area contributed by atoms with Gasteiger partial charge in [-0.1, -0.05) is 6.42 Å². The number of hydrogen-bond donors (Lipinski definition) is 1. The van der Waals surface area contributed by atoms with Crippen molar-refractivity contribution in [2.45, 2.75) is 69.6 Å². The second kappa shape index (κ2) is 6.72. The summed E-state index contributed by atoms with van der Waals surface area (Å²) in [5, 5.41) is 0. The highest BCUT2D eigenvalue weighted by Gasteiger charge is 2.21. The number of rotatable bonds is 4. The Labute approximate surface area is 106 Å². The summed E-state index contributed by atoms with van der Waals surface area (Å²) < 4.78 is 6.00. The Bertz CT molecular complexity index is 214. The fourth-order valence-corrected chi connectivity index (χ4v) is 3.13. The number of nitrogens with two attached hydrogens (primary N) is 1. The number of piperidine rings is 1. The van der Waals surface area contributed by atoms with Crippen LogP contribution in [0.5, 0.6) is 0 Å². The Kier molecular flexibility index (Phi) is 5.26. The van der Waals surface area contributed by atoms with Crippen LogP contribution in [0.1, 0.15) is 51.4 Å². The van der Waals surface area contributed by atoms with Gasteiger partial charge >= 0.3 is 0 Å². The Morgan fingerprint density at radius 3 is 2.59 bits per heavy atom. The van der Waals surface area contributed by atoms with Crippen molar-refractivity contribution in [3.8, 4) is 0 Å². The molecular weight excluding hydrogens is 212 g/mol. The van der Waals surface area contributed by atoms with Crippen molar-refractivity contribution in [1.82, 2.24) is 4.90 Å². The first kappa shape index (κ1) is 13.3. The molecule has 3 nitrogen and oxygen atoms in total. The SMILES string of the molecule is CN1CCCCC1CCOC1CCC(N)CC1. The summed E-state index contributed by atoms with van der Waals surface area (Å²) in [7, 11) is 2.25. The van der Waals surface area contributed by atoms with E-state index in [0.29, 0.717) is 12.1 Å². The largest absolute Gasteiger partial charge is 0.378 e. The minimum atomic E-state index is 0.430. The molecule has 0 aromatic heterocycles. The molecule has 2 rings (SSSR count). The van der Waals surface area contributed by atoms with E-state index in [2.05, 4.69) is 11.9 Å². The average molecular weight is 240 g/mol. The number of likely N-dealkylation sites (tertiary alicyclic amines) is 1. The van der Waals surface area contributed by atoms with E-state index in [1.165, 1.54) is 45.1 Å². The van der Waals surface area contributed by atoms with Gasteiger partial charge in [0.15, 0.2) is 0 Å². The Morgan fingerprint density at radius 2 is 1.88 bits per heavy atom. The summed E-state index contributed by atoms with van der Waals surface area (Å²) in [6.45, 7) is 2.21. The van der Waals surface area contributed by atoms with Crippen molar-refractivity contribution in [3.05, 3.63) is 0 Å². The molecule has 2 aliphatic rings. The minimum Gasteiger partial charge on any atom is -0.378 e. The van der Waals surface area contributed by atoms with Crippen LogP contribution in [0.4, 0.5) is 0 Å². The molecular formula is C14H28N2O. The highest BCUT2D eigenvalue weighted by Crippen LogP contribution is 2.22. The molecule has 17 heavy (non-hydrogen) atoms. The standard InChI is InChI=1S/C14H28N2O/c1-16-10-3-2-4-13(16)9-11-17-14-7-5-12(15)6-8-14/h12-14H,2-11,15H2,1H3. The van der Waals surface area contributed by atoms with Gasteiger partial charge in [0.25, 0.3) is 0 Å². The normalized spacial score (nSPS) is 36.0. The van der Waals surface area contributed by atoms with Crippen molar-refractivity contribution in [3.63, 3.8) is 0 Å². The smallest absolute Gasteiger partial charge is 0.0576 e. The molecule has 0 radical (unpaired) electrons. The molecule has 0 aromatic rings. The van der Waals surface area contributed by atoms with E-state index in [1.807, 2.05) is 0 Å². The maximum Gasteiger partial charge on any atom is 0.0576 e. The van der Waals surface area contributed by atoms with Crippen LogP contribution >= 0.6 is 0 Å². The van der Waals surface area contributed by atoms with Gasteiger partial charge in [0.2, 0.25) is 0 Å². The molecule has 0 aromatic carbocycles. The van der Waals surface area contributed by atoms with Crippen molar-refractivity contribution >= 4 is 0 Å². The molecule has 3 heteroatoms. The van der Waals surface area contributed by atoms with Crippen LogP contribution in [0.3, 0.4) is 0 Å². The highest BCUT2D eigenvalue weighted by atomic mass is 16.5. The van der Waals surface area contributed by atoms with Crippen LogP contribution < -0.4 is 5.73 Å². The lowest BCUT2D eigenvalue weighted by atomic mass is 9.93. The maximum absolute atomic E-state index is 6.00. The van der Waals surface area contributed by atoms with E-state index in [-0.39, 0.29) is 0 Å². The molecule has 2 fully saturated rings. The third-order valence-corrected chi connectivity index (χ3v) is 4.45. The minimum absolute atomic E-state index is 0.430. The molecule has 1 heterocycles. The first-order chi connectivity index (χ1) is 8.25. The fraction of sp³-hybridized carbons (Fsp3) is 1.00. The van der Waals surface area contributed by atoms with Crippen LogP contribution in [-0.2, 0) is 4.74 Å². The van der Waals surface area contributed by atoms with Crippen LogP contribution in [0.2, 0.25) is 0 Å². The van der Waals surface area contributed by atoms with Crippen LogP contribution in [0.25, 0.3) is 0 Å². The molecule has 1 atom stereocenters. The molecule has 1 aliphatic carbocycles. The molecule has 2 N–H and O–H groups in total. The Hall–Kier alpha value is -0.120. The van der Waals surface area contributed by atoms with Gasteiger partial charge in [0.05, 0.1) is 6.10 Å². The van der Waals surface area contributed by atoms with Gasteiger partial charge in [-0.2, -0.15) is 0 Å². The van der Waals surface area contributed by atoms with Crippen molar-refractivity contribution in [1.29, 1.82) is 0 Å². The number of hydrogen-bond acceptors (Lipinski definition) is 3. The number of ether oxygens (including phenoxy) is 1. The zero-order chi connectivity index (χ0) is 12.1. The van der Waals surface area contributed by atoms with Gasteiger partial charge in [-0.05, 0) is 58.5 Å². The molecule has 0 spiro atoms. The molecule has 1 saturated heterocycles. The van der Waals surface area contributed by atoms with Crippen molar-refractivity contribution in [2.75, 3.05) is 20.2 Å². The second-order valence-corrected chi connectivity index (χ2v) is 5.83. The summed E-state index contributed by atoms with van der Waals surface area (Å²) in [6.07, 6.45) is 10.4. The fourth-order valence-electron chi connectivity index (χ4n) is 3.13.